The molecule has 0 spiro atoms. The Morgan fingerprint density at radius 1 is 1.13 bits per heavy atom. The summed E-state index contributed by atoms with van der Waals surface area (Å²) in [5, 5.41) is 2.38. The van der Waals surface area contributed by atoms with E-state index >= 15 is 0 Å². The second kappa shape index (κ2) is 10.5. The monoisotopic (exact) mass is 443 g/mol. The number of carbonyl (C=O) groups excluding carboxylic acids is 3. The first kappa shape index (κ1) is 22.8. The number of ether oxygens (including phenoxy) is 3. The average molecular weight is 444 g/mol. The van der Waals surface area contributed by atoms with Crippen LogP contribution in [0.15, 0.2) is 53.4 Å². The van der Waals surface area contributed by atoms with E-state index < -0.39 is 24.2 Å². The summed E-state index contributed by atoms with van der Waals surface area (Å²) in [5.41, 5.74) is 1.52. The van der Waals surface area contributed by atoms with Gasteiger partial charge in [0.2, 0.25) is 0 Å². The fourth-order valence-corrected chi connectivity index (χ4v) is 4.27. The third kappa shape index (κ3) is 6.32. The molecule has 0 saturated carbocycles. The van der Waals surface area contributed by atoms with Crippen molar-refractivity contribution in [1.29, 1.82) is 0 Å². The minimum Gasteiger partial charge on any atom is -0.497 e. The smallest absolute Gasteiger partial charge is 0.302 e. The number of amides is 1. The normalized spacial score (nSPS) is 20.7. The van der Waals surface area contributed by atoms with Gasteiger partial charge in [0, 0.05) is 29.1 Å². The predicted molar refractivity (Wildman–Crippen MR) is 116 cm³/mol. The first-order chi connectivity index (χ1) is 14.9. The van der Waals surface area contributed by atoms with Crippen LogP contribution in [0.25, 0.3) is 0 Å². The van der Waals surface area contributed by atoms with Gasteiger partial charge in [-0.1, -0.05) is 17.7 Å². The van der Waals surface area contributed by atoms with Crippen LogP contribution in [-0.4, -0.2) is 49.0 Å². The Morgan fingerprint density at radius 2 is 1.81 bits per heavy atom. The summed E-state index contributed by atoms with van der Waals surface area (Å²) in [6.45, 7) is 3.32. The Morgan fingerprint density at radius 3 is 2.42 bits per heavy atom. The van der Waals surface area contributed by atoms with Gasteiger partial charge in [-0.3, -0.25) is 14.4 Å². The van der Waals surface area contributed by atoms with E-state index in [0.717, 1.165) is 10.5 Å². The third-order valence-electron chi connectivity index (χ3n) is 4.79. The first-order valence-corrected chi connectivity index (χ1v) is 10.7. The fraction of sp³-hybridized carbons (Fsp3) is 0.348. The van der Waals surface area contributed by atoms with Gasteiger partial charge < -0.3 is 19.5 Å². The highest BCUT2D eigenvalue weighted by atomic mass is 32.2. The molecule has 7 nitrogen and oxygen atoms in total. The van der Waals surface area contributed by atoms with Crippen LogP contribution in [0.1, 0.15) is 29.3 Å². The van der Waals surface area contributed by atoms with Crippen molar-refractivity contribution in [2.24, 2.45) is 0 Å². The molecule has 8 heteroatoms. The maximum absolute atomic E-state index is 12.7. The van der Waals surface area contributed by atoms with Gasteiger partial charge in [-0.2, -0.15) is 0 Å². The molecule has 0 aromatic heterocycles. The van der Waals surface area contributed by atoms with Gasteiger partial charge in [0.1, 0.15) is 18.5 Å². The number of aryl methyl sites for hydroxylation is 1. The number of Topliss-reactive ketones (excluding diaryl/α,β-unsaturated/α-hetero) is 1. The van der Waals surface area contributed by atoms with Crippen molar-refractivity contribution in [2.45, 2.75) is 42.7 Å². The summed E-state index contributed by atoms with van der Waals surface area (Å²) in [7, 11) is 1.54. The molecule has 3 atom stereocenters. The number of ketones is 1. The molecule has 1 N–H and O–H groups in total. The molecular weight excluding hydrogens is 418 g/mol. The Balaban J connectivity index is 1.69. The SMILES string of the molecule is COc1ccc(C(=O)N[C@@H]2O[C@H](COC(C)=O)C(Sc3ccc(C)cc3)CC2=O)cc1. The number of nitrogens with one attached hydrogen (secondary N) is 1. The van der Waals surface area contributed by atoms with Crippen LogP contribution in [0.4, 0.5) is 0 Å². The quantitative estimate of drug-likeness (QED) is 0.658. The first-order valence-electron chi connectivity index (χ1n) is 9.85. The second-order valence-corrected chi connectivity index (χ2v) is 8.51. The molecule has 2 aromatic rings. The van der Waals surface area contributed by atoms with Crippen LogP contribution in [0.3, 0.4) is 0 Å². The molecule has 1 heterocycles. The highest BCUT2D eigenvalue weighted by molar-refractivity contribution is 8.00. The molecule has 0 aliphatic carbocycles. The Labute approximate surface area is 185 Å². The van der Waals surface area contributed by atoms with E-state index in [0.29, 0.717) is 11.3 Å². The van der Waals surface area contributed by atoms with E-state index in [2.05, 4.69) is 5.32 Å². The lowest BCUT2D eigenvalue weighted by molar-refractivity contribution is -0.156. The molecule has 1 unspecified atom stereocenters. The predicted octanol–water partition coefficient (Wildman–Crippen LogP) is 3.14. The molecule has 3 rings (SSSR count). The molecule has 31 heavy (non-hydrogen) atoms. The van der Waals surface area contributed by atoms with Crippen molar-refractivity contribution in [3.05, 3.63) is 59.7 Å². The zero-order valence-electron chi connectivity index (χ0n) is 17.6. The van der Waals surface area contributed by atoms with Gasteiger partial charge in [0.25, 0.3) is 5.91 Å². The molecule has 0 bridgehead atoms. The summed E-state index contributed by atoms with van der Waals surface area (Å²) in [6.07, 6.45) is -1.48. The van der Waals surface area contributed by atoms with Gasteiger partial charge in [0.05, 0.1) is 7.11 Å². The second-order valence-electron chi connectivity index (χ2n) is 7.20. The summed E-state index contributed by atoms with van der Waals surface area (Å²) in [5.74, 6) is -0.472. The molecule has 1 fully saturated rings. The van der Waals surface area contributed by atoms with E-state index in [4.69, 9.17) is 14.2 Å². The zero-order valence-corrected chi connectivity index (χ0v) is 18.4. The third-order valence-corrected chi connectivity index (χ3v) is 6.11. The van der Waals surface area contributed by atoms with E-state index in [-0.39, 0.29) is 24.1 Å². The van der Waals surface area contributed by atoms with Gasteiger partial charge in [0.15, 0.2) is 12.0 Å². The lowest BCUT2D eigenvalue weighted by Gasteiger charge is -2.35. The van der Waals surface area contributed by atoms with Gasteiger partial charge >= 0.3 is 5.97 Å². The topological polar surface area (TPSA) is 90.9 Å². The number of carbonyl (C=O) groups is 3. The van der Waals surface area contributed by atoms with E-state index in [1.807, 2.05) is 31.2 Å². The summed E-state index contributed by atoms with van der Waals surface area (Å²) in [4.78, 5) is 37.6. The summed E-state index contributed by atoms with van der Waals surface area (Å²) < 4.78 is 16.1. The Kier molecular flexibility index (Phi) is 7.70. The molecule has 1 amide bonds. The largest absolute Gasteiger partial charge is 0.497 e. The molecule has 1 saturated heterocycles. The maximum Gasteiger partial charge on any atom is 0.302 e. The number of esters is 1. The van der Waals surface area contributed by atoms with Crippen molar-refractivity contribution in [3.63, 3.8) is 0 Å². The molecule has 1 aliphatic heterocycles. The fourth-order valence-electron chi connectivity index (χ4n) is 3.09. The number of rotatable bonds is 7. The number of hydrogen-bond donors (Lipinski definition) is 1. The van der Waals surface area contributed by atoms with Crippen LogP contribution < -0.4 is 10.1 Å². The standard InChI is InChI=1S/C23H25NO6S/c1-14-4-10-18(11-5-14)31-21-12-19(26)23(30-20(21)13-29-15(2)25)24-22(27)16-6-8-17(28-3)9-7-16/h4-11,20-21,23H,12-13H2,1-3H3,(H,24,27)/t20-,21?,23-/m1/s1. The molecule has 2 aromatic carbocycles. The van der Waals surface area contributed by atoms with Crippen molar-refractivity contribution >= 4 is 29.4 Å². The number of thioether (sulfide) groups is 1. The van der Waals surface area contributed by atoms with Gasteiger partial charge in [-0.05, 0) is 43.3 Å². The van der Waals surface area contributed by atoms with Crippen LogP contribution in [0.2, 0.25) is 0 Å². The number of methoxy groups -OCH3 is 1. The van der Waals surface area contributed by atoms with Crippen LogP contribution >= 0.6 is 11.8 Å². The van der Waals surface area contributed by atoms with Crippen molar-refractivity contribution in [2.75, 3.05) is 13.7 Å². The highest BCUT2D eigenvalue weighted by Crippen LogP contribution is 2.33. The van der Waals surface area contributed by atoms with Gasteiger partial charge in [-0.25, -0.2) is 0 Å². The summed E-state index contributed by atoms with van der Waals surface area (Å²) in [6, 6.07) is 14.5. The van der Waals surface area contributed by atoms with Crippen molar-refractivity contribution < 1.29 is 28.6 Å². The number of benzene rings is 2. The summed E-state index contributed by atoms with van der Waals surface area (Å²) >= 11 is 1.49. The van der Waals surface area contributed by atoms with Crippen LogP contribution in [0.5, 0.6) is 5.75 Å². The van der Waals surface area contributed by atoms with Crippen molar-refractivity contribution in [1.82, 2.24) is 5.32 Å². The van der Waals surface area contributed by atoms with Crippen LogP contribution in [0, 0.1) is 6.92 Å². The Hall–Kier alpha value is -2.84. The van der Waals surface area contributed by atoms with E-state index in [9.17, 15) is 14.4 Å². The highest BCUT2D eigenvalue weighted by Gasteiger charge is 2.39. The number of hydrogen-bond acceptors (Lipinski definition) is 7. The minimum absolute atomic E-state index is 0.00104. The molecular formula is C23H25NO6S. The molecule has 0 radical (unpaired) electrons. The molecule has 164 valence electrons. The minimum atomic E-state index is -1.11. The van der Waals surface area contributed by atoms with Crippen LogP contribution in [-0.2, 0) is 19.1 Å². The lowest BCUT2D eigenvalue weighted by Crippen LogP contribution is -2.53. The van der Waals surface area contributed by atoms with Gasteiger partial charge in [-0.15, -0.1) is 11.8 Å². The molecule has 1 aliphatic rings. The average Bonchev–Trinajstić information content (AvgIpc) is 2.76. The Bertz CT molecular complexity index is 928. The van der Waals surface area contributed by atoms with Crippen molar-refractivity contribution in [3.8, 4) is 5.75 Å². The van der Waals surface area contributed by atoms with E-state index in [1.54, 1.807) is 24.3 Å². The maximum atomic E-state index is 12.7. The lowest BCUT2D eigenvalue weighted by atomic mass is 10.1. The van der Waals surface area contributed by atoms with E-state index in [1.165, 1.54) is 25.8 Å². The zero-order chi connectivity index (χ0) is 22.4.